The summed E-state index contributed by atoms with van der Waals surface area (Å²) in [7, 11) is 1.33. The number of carboxylic acids is 1. The van der Waals surface area contributed by atoms with Crippen LogP contribution in [-0.2, 0) is 9.59 Å². The number of rotatable bonds is 5. The lowest BCUT2D eigenvalue weighted by molar-refractivity contribution is -0.138. The summed E-state index contributed by atoms with van der Waals surface area (Å²) >= 11 is 4.03. The van der Waals surface area contributed by atoms with E-state index in [0.29, 0.717) is 5.56 Å². The zero-order valence-electron chi connectivity index (χ0n) is 11.7. The number of hydrogen-bond donors (Lipinski definition) is 2. The summed E-state index contributed by atoms with van der Waals surface area (Å²) in [5, 5.41) is 18.1. The van der Waals surface area contributed by atoms with Gasteiger partial charge in [-0.05, 0) is 28.1 Å². The van der Waals surface area contributed by atoms with Gasteiger partial charge in [0.05, 0.1) is 24.2 Å². The average molecular weight is 404 g/mol. The van der Waals surface area contributed by atoms with E-state index >= 15 is 0 Å². The topological polar surface area (TPSA) is 100 Å². The summed E-state index contributed by atoms with van der Waals surface area (Å²) in [4.78, 5) is 22.2. The molecule has 2 rings (SSSR count). The molecule has 1 aliphatic rings. The Morgan fingerprint density at radius 1 is 1.61 bits per heavy atom. The van der Waals surface area contributed by atoms with Crippen molar-refractivity contribution in [1.29, 1.82) is 0 Å². The van der Waals surface area contributed by atoms with E-state index in [-0.39, 0.29) is 21.8 Å². The van der Waals surface area contributed by atoms with Gasteiger partial charge in [-0.3, -0.25) is 9.59 Å². The number of thioether (sulfide) groups is 1. The van der Waals surface area contributed by atoms with Crippen molar-refractivity contribution in [2.75, 3.05) is 7.11 Å². The summed E-state index contributed by atoms with van der Waals surface area (Å²) in [5.74, 6) is -2.06. The molecular formula is C13H11BrFN3O4S. The minimum atomic E-state index is -1.07. The second-order valence-electron chi connectivity index (χ2n) is 4.33. The fourth-order valence-corrected chi connectivity index (χ4v) is 2.97. The molecule has 0 saturated carbocycles. The molecule has 1 aliphatic heterocycles. The monoisotopic (exact) mass is 403 g/mol. The highest BCUT2D eigenvalue weighted by molar-refractivity contribution is 9.10. The Balaban J connectivity index is 2.12. The minimum absolute atomic E-state index is 0.00943. The lowest BCUT2D eigenvalue weighted by Crippen LogP contribution is -2.26. The third-order valence-electron chi connectivity index (χ3n) is 2.77. The van der Waals surface area contributed by atoms with E-state index in [2.05, 4.69) is 31.4 Å². The van der Waals surface area contributed by atoms with E-state index in [4.69, 9.17) is 9.84 Å². The van der Waals surface area contributed by atoms with Crippen molar-refractivity contribution in [3.63, 3.8) is 0 Å². The van der Waals surface area contributed by atoms with Crippen molar-refractivity contribution in [2.24, 2.45) is 10.2 Å². The molecule has 122 valence electrons. The van der Waals surface area contributed by atoms with Crippen molar-refractivity contribution < 1.29 is 23.8 Å². The molecule has 0 spiro atoms. The standard InChI is InChI=1S/C13H11BrFN3O4S/c1-22-11-6(2-3-7(14)10(11)15)5-16-18-13-17-12(21)8(23-13)4-9(19)20/h2-3,5,8H,4H2,1H3,(H,19,20)(H,17,18,21). The molecule has 7 nitrogen and oxygen atoms in total. The first-order chi connectivity index (χ1) is 10.9. The van der Waals surface area contributed by atoms with Gasteiger partial charge in [0, 0.05) is 5.56 Å². The number of amides is 1. The van der Waals surface area contributed by atoms with Crippen LogP contribution >= 0.6 is 27.7 Å². The summed E-state index contributed by atoms with van der Waals surface area (Å²) in [6.45, 7) is 0. The number of carbonyl (C=O) groups is 2. The first-order valence-corrected chi connectivity index (χ1v) is 7.92. The summed E-state index contributed by atoms with van der Waals surface area (Å²) in [6, 6.07) is 3.09. The predicted octanol–water partition coefficient (Wildman–Crippen LogP) is 1.99. The summed E-state index contributed by atoms with van der Waals surface area (Å²) in [5.41, 5.74) is 0.369. The first-order valence-electron chi connectivity index (χ1n) is 6.24. The van der Waals surface area contributed by atoms with E-state index in [1.165, 1.54) is 19.4 Å². The quantitative estimate of drug-likeness (QED) is 0.578. The Labute approximate surface area is 143 Å². The first kappa shape index (κ1) is 17.4. The normalized spacial score (nSPS) is 19.3. The van der Waals surface area contributed by atoms with Gasteiger partial charge in [0.15, 0.2) is 16.7 Å². The molecule has 0 aromatic heterocycles. The number of carboxylic acid groups (broad SMARTS) is 1. The maximum atomic E-state index is 13.8. The van der Waals surface area contributed by atoms with Gasteiger partial charge in [0.25, 0.3) is 0 Å². The molecule has 2 N–H and O–H groups in total. The molecule has 1 fully saturated rings. The van der Waals surface area contributed by atoms with Crippen LogP contribution in [0.3, 0.4) is 0 Å². The van der Waals surface area contributed by atoms with E-state index < -0.39 is 22.9 Å². The van der Waals surface area contributed by atoms with Crippen LogP contribution in [0.15, 0.2) is 26.8 Å². The van der Waals surface area contributed by atoms with Gasteiger partial charge >= 0.3 is 5.97 Å². The third kappa shape index (κ3) is 4.29. The Hall–Kier alpha value is -1.94. The summed E-state index contributed by atoms with van der Waals surface area (Å²) < 4.78 is 19.1. The average Bonchev–Trinajstić information content (AvgIpc) is 2.82. The van der Waals surface area contributed by atoms with Gasteiger partial charge in [-0.25, -0.2) is 4.39 Å². The van der Waals surface area contributed by atoms with Crippen LogP contribution in [0.5, 0.6) is 5.75 Å². The Bertz CT molecular complexity index is 711. The number of aliphatic carboxylic acids is 1. The highest BCUT2D eigenvalue weighted by Crippen LogP contribution is 2.28. The molecule has 1 amide bonds. The number of hydrogen-bond acceptors (Lipinski definition) is 6. The number of methoxy groups -OCH3 is 1. The largest absolute Gasteiger partial charge is 0.493 e. The number of nitrogens with one attached hydrogen (secondary N) is 1. The van der Waals surface area contributed by atoms with Gasteiger partial charge in [-0.15, -0.1) is 5.10 Å². The van der Waals surface area contributed by atoms with E-state index in [1.54, 1.807) is 6.07 Å². The SMILES string of the molecule is COc1c(C=NN=C2NC(=O)C(CC(=O)O)S2)ccc(Br)c1F. The fraction of sp³-hybridized carbons (Fsp3) is 0.231. The number of ether oxygens (including phenoxy) is 1. The third-order valence-corrected chi connectivity index (χ3v) is 4.45. The Morgan fingerprint density at radius 2 is 2.35 bits per heavy atom. The molecule has 1 atom stereocenters. The van der Waals surface area contributed by atoms with Crippen LogP contribution in [0.1, 0.15) is 12.0 Å². The molecule has 0 aliphatic carbocycles. The molecule has 23 heavy (non-hydrogen) atoms. The number of halogens is 2. The zero-order valence-corrected chi connectivity index (χ0v) is 14.1. The van der Waals surface area contributed by atoms with Crippen molar-refractivity contribution in [1.82, 2.24) is 5.32 Å². The van der Waals surface area contributed by atoms with Crippen molar-refractivity contribution in [3.8, 4) is 5.75 Å². The van der Waals surface area contributed by atoms with Gasteiger partial charge in [0.2, 0.25) is 5.91 Å². The van der Waals surface area contributed by atoms with Gasteiger partial charge in [0.1, 0.15) is 5.25 Å². The van der Waals surface area contributed by atoms with Gasteiger partial charge < -0.3 is 15.2 Å². The van der Waals surface area contributed by atoms with Crippen LogP contribution in [0.25, 0.3) is 0 Å². The van der Waals surface area contributed by atoms with Crippen molar-refractivity contribution in [2.45, 2.75) is 11.7 Å². The Morgan fingerprint density at radius 3 is 3.00 bits per heavy atom. The van der Waals surface area contributed by atoms with Crippen LogP contribution < -0.4 is 10.1 Å². The molecule has 1 aromatic rings. The summed E-state index contributed by atoms with van der Waals surface area (Å²) in [6.07, 6.45) is 0.976. The maximum Gasteiger partial charge on any atom is 0.305 e. The van der Waals surface area contributed by atoms with Gasteiger partial charge in [-0.1, -0.05) is 11.8 Å². The fourth-order valence-electron chi connectivity index (χ4n) is 1.74. The molecule has 1 aromatic carbocycles. The van der Waals surface area contributed by atoms with E-state index in [9.17, 15) is 14.0 Å². The zero-order chi connectivity index (χ0) is 17.0. The number of nitrogens with zero attached hydrogens (tertiary/aromatic N) is 2. The van der Waals surface area contributed by atoms with Crippen LogP contribution in [-0.4, -0.2) is 40.7 Å². The smallest absolute Gasteiger partial charge is 0.305 e. The van der Waals surface area contributed by atoms with Gasteiger partial charge in [-0.2, -0.15) is 5.10 Å². The minimum Gasteiger partial charge on any atom is -0.493 e. The second kappa shape index (κ2) is 7.55. The predicted molar refractivity (Wildman–Crippen MR) is 87.5 cm³/mol. The molecule has 10 heteroatoms. The van der Waals surface area contributed by atoms with Crippen molar-refractivity contribution in [3.05, 3.63) is 28.0 Å². The van der Waals surface area contributed by atoms with Crippen LogP contribution in [0.4, 0.5) is 4.39 Å². The number of benzene rings is 1. The highest BCUT2D eigenvalue weighted by atomic mass is 79.9. The van der Waals surface area contributed by atoms with E-state index in [0.717, 1.165) is 11.8 Å². The van der Waals surface area contributed by atoms with Crippen molar-refractivity contribution >= 4 is 51.0 Å². The van der Waals surface area contributed by atoms with Crippen LogP contribution in [0.2, 0.25) is 0 Å². The number of amidine groups is 1. The molecule has 0 bridgehead atoms. The highest BCUT2D eigenvalue weighted by Gasteiger charge is 2.32. The Kier molecular flexibility index (Phi) is 5.72. The second-order valence-corrected chi connectivity index (χ2v) is 6.37. The van der Waals surface area contributed by atoms with Crippen LogP contribution in [0, 0.1) is 5.82 Å². The molecule has 1 saturated heterocycles. The lowest BCUT2D eigenvalue weighted by Gasteiger charge is -2.06. The molecular weight excluding hydrogens is 393 g/mol. The molecule has 1 unspecified atom stereocenters. The molecule has 1 heterocycles. The molecule has 0 radical (unpaired) electrons. The lowest BCUT2D eigenvalue weighted by atomic mass is 10.2. The van der Waals surface area contributed by atoms with E-state index in [1.807, 2.05) is 0 Å². The maximum absolute atomic E-state index is 13.8. The number of carbonyl (C=O) groups excluding carboxylic acids is 1.